The summed E-state index contributed by atoms with van der Waals surface area (Å²) in [5, 5.41) is 11.6. The highest BCUT2D eigenvalue weighted by Gasteiger charge is 2.76. The molecule has 0 aromatic heterocycles. The SMILES string of the molecule is CC1(C)O[C@H]2C[C@H]3[C@@H]4CCC5=CC(=O)C=C[C@]5(C)[C@H]4[C@@H](O)C[C@]3(C)[C@]2(C(=O)COP(=O)(O)O)O1. The summed E-state index contributed by atoms with van der Waals surface area (Å²) < 4.78 is 28.5. The summed E-state index contributed by atoms with van der Waals surface area (Å²) in [6.07, 6.45) is 6.11. The number of aliphatic hydroxyl groups is 1. The minimum absolute atomic E-state index is 0.0228. The third-order valence-electron chi connectivity index (χ3n) is 9.27. The van der Waals surface area contributed by atoms with E-state index in [1.807, 2.05) is 13.0 Å². The van der Waals surface area contributed by atoms with Crippen molar-refractivity contribution in [2.45, 2.75) is 77.0 Å². The topological polar surface area (TPSA) is 140 Å². The molecule has 0 unspecified atom stereocenters. The van der Waals surface area contributed by atoms with Gasteiger partial charge in [-0.15, -0.1) is 0 Å². The number of phosphoric ester groups is 1. The van der Waals surface area contributed by atoms with Crippen LogP contribution in [0.3, 0.4) is 0 Å². The van der Waals surface area contributed by atoms with E-state index in [-0.39, 0.29) is 30.0 Å². The molecule has 0 aromatic rings. The predicted molar refractivity (Wildman–Crippen MR) is 119 cm³/mol. The van der Waals surface area contributed by atoms with Gasteiger partial charge in [-0.05, 0) is 63.5 Å². The van der Waals surface area contributed by atoms with E-state index in [1.165, 1.54) is 0 Å². The van der Waals surface area contributed by atoms with Gasteiger partial charge in [-0.2, -0.15) is 0 Å². The minimum atomic E-state index is -4.86. The molecule has 0 bridgehead atoms. The highest BCUT2D eigenvalue weighted by atomic mass is 31.2. The Morgan fingerprint density at radius 1 is 1.26 bits per heavy atom. The number of phosphoric acid groups is 1. The van der Waals surface area contributed by atoms with Crippen LogP contribution in [0.4, 0.5) is 0 Å². The highest BCUT2D eigenvalue weighted by molar-refractivity contribution is 7.46. The lowest BCUT2D eigenvalue weighted by Crippen LogP contribution is -2.64. The molecular formula is C24H33O9P. The zero-order chi connectivity index (χ0) is 24.9. The number of aliphatic hydroxyl groups excluding tert-OH is 1. The van der Waals surface area contributed by atoms with Crippen molar-refractivity contribution in [1.82, 2.24) is 0 Å². The molecule has 4 fully saturated rings. The molecule has 0 spiro atoms. The average Bonchev–Trinajstić information content (AvgIpc) is 3.12. The fourth-order valence-electron chi connectivity index (χ4n) is 8.17. The maximum absolute atomic E-state index is 13.6. The molecule has 8 atom stereocenters. The van der Waals surface area contributed by atoms with Crippen LogP contribution < -0.4 is 0 Å². The van der Waals surface area contributed by atoms with Crippen molar-refractivity contribution < 1.29 is 43.0 Å². The van der Waals surface area contributed by atoms with Gasteiger partial charge in [0.15, 0.2) is 23.0 Å². The fraction of sp³-hybridized carbons (Fsp3) is 0.750. The quantitative estimate of drug-likeness (QED) is 0.501. The molecular weight excluding hydrogens is 463 g/mol. The number of fused-ring (bicyclic) bond motifs is 7. The van der Waals surface area contributed by atoms with Crippen molar-refractivity contribution in [3.8, 4) is 0 Å². The first-order valence-electron chi connectivity index (χ1n) is 11.9. The number of rotatable bonds is 4. The van der Waals surface area contributed by atoms with E-state index in [0.29, 0.717) is 6.42 Å². The zero-order valence-electron chi connectivity index (χ0n) is 19.9. The van der Waals surface area contributed by atoms with Gasteiger partial charge in [0.25, 0.3) is 0 Å². The normalized spacial score (nSPS) is 46.9. The number of carbonyl (C=O) groups excluding carboxylic acids is 2. The summed E-state index contributed by atoms with van der Waals surface area (Å²) in [4.78, 5) is 44.0. The Morgan fingerprint density at radius 3 is 2.65 bits per heavy atom. The monoisotopic (exact) mass is 496 g/mol. The van der Waals surface area contributed by atoms with Gasteiger partial charge in [0, 0.05) is 16.7 Å². The Morgan fingerprint density at radius 2 is 1.97 bits per heavy atom. The molecule has 4 aliphatic carbocycles. The van der Waals surface area contributed by atoms with Crippen LogP contribution in [0.1, 0.15) is 53.4 Å². The summed E-state index contributed by atoms with van der Waals surface area (Å²) in [7, 11) is -4.86. The van der Waals surface area contributed by atoms with Crippen LogP contribution in [0.2, 0.25) is 0 Å². The molecule has 10 heteroatoms. The van der Waals surface area contributed by atoms with Crippen LogP contribution in [0.5, 0.6) is 0 Å². The molecule has 9 nitrogen and oxygen atoms in total. The van der Waals surface area contributed by atoms with Gasteiger partial charge in [-0.25, -0.2) is 4.57 Å². The molecule has 3 N–H and O–H groups in total. The van der Waals surface area contributed by atoms with Crippen LogP contribution in [-0.4, -0.2) is 56.7 Å². The number of ether oxygens (including phenoxy) is 2. The maximum Gasteiger partial charge on any atom is 0.470 e. The number of carbonyl (C=O) groups is 2. The van der Waals surface area contributed by atoms with E-state index in [0.717, 1.165) is 18.4 Å². The predicted octanol–water partition coefficient (Wildman–Crippen LogP) is 2.44. The van der Waals surface area contributed by atoms with Gasteiger partial charge in [0.1, 0.15) is 6.61 Å². The number of hydrogen-bond donors (Lipinski definition) is 3. The van der Waals surface area contributed by atoms with Gasteiger partial charge in [0.05, 0.1) is 12.2 Å². The first kappa shape index (κ1) is 24.5. The standard InChI is InChI=1S/C24H33O9P/c1-21(2)32-19-10-16-15-6-5-13-9-14(25)7-8-22(13,3)20(15)17(26)11-23(16,4)24(19,33-21)18(27)12-31-34(28,29)30/h7-9,15-17,19-20,26H,5-6,10-12H2,1-4H3,(H2,28,29,30)/t15-,16-,17-,19-,20+,22-,23-,24+/m0/s1. The third-order valence-corrected chi connectivity index (χ3v) is 9.73. The Hall–Kier alpha value is -1.19. The summed E-state index contributed by atoms with van der Waals surface area (Å²) in [6, 6.07) is 0. The second kappa shape index (κ2) is 7.42. The number of hydrogen-bond acceptors (Lipinski definition) is 7. The minimum Gasteiger partial charge on any atom is -0.393 e. The summed E-state index contributed by atoms with van der Waals surface area (Å²) >= 11 is 0. The molecule has 3 saturated carbocycles. The van der Waals surface area contributed by atoms with E-state index in [2.05, 4.69) is 11.4 Å². The van der Waals surface area contributed by atoms with E-state index in [9.17, 15) is 29.0 Å². The Kier molecular flexibility index (Phi) is 5.34. The van der Waals surface area contributed by atoms with Gasteiger partial charge < -0.3 is 24.4 Å². The Bertz CT molecular complexity index is 1040. The van der Waals surface area contributed by atoms with Crippen LogP contribution in [0, 0.1) is 28.6 Å². The Labute approximate surface area is 198 Å². The molecule has 0 radical (unpaired) electrons. The number of allylic oxidation sites excluding steroid dienone is 4. The van der Waals surface area contributed by atoms with Crippen LogP contribution in [-0.2, 0) is 28.2 Å². The summed E-state index contributed by atoms with van der Waals surface area (Å²) in [5.41, 5.74) is -1.72. The van der Waals surface area contributed by atoms with Gasteiger partial charge in [-0.3, -0.25) is 14.1 Å². The van der Waals surface area contributed by atoms with Gasteiger partial charge >= 0.3 is 7.82 Å². The second-order valence-electron chi connectivity index (χ2n) is 11.5. The van der Waals surface area contributed by atoms with Crippen LogP contribution in [0.25, 0.3) is 0 Å². The zero-order valence-corrected chi connectivity index (χ0v) is 20.8. The second-order valence-corrected chi connectivity index (χ2v) is 12.7. The lowest BCUT2D eigenvalue weighted by molar-refractivity contribution is -0.225. The fourth-order valence-corrected chi connectivity index (χ4v) is 8.46. The molecule has 0 amide bonds. The van der Waals surface area contributed by atoms with Crippen molar-refractivity contribution in [1.29, 1.82) is 0 Å². The lowest BCUT2D eigenvalue weighted by atomic mass is 9.46. The van der Waals surface area contributed by atoms with Crippen LogP contribution in [0.15, 0.2) is 23.8 Å². The maximum atomic E-state index is 13.6. The molecule has 5 aliphatic rings. The number of ketones is 2. The largest absolute Gasteiger partial charge is 0.470 e. The molecule has 1 saturated heterocycles. The first-order chi connectivity index (χ1) is 15.6. The van der Waals surface area contributed by atoms with Gasteiger partial charge in [0.2, 0.25) is 0 Å². The molecule has 5 rings (SSSR count). The van der Waals surface area contributed by atoms with E-state index in [4.69, 9.17) is 9.47 Å². The summed E-state index contributed by atoms with van der Waals surface area (Å²) in [5.74, 6) is -1.77. The number of Topliss-reactive ketones (excluding diaryl/α,β-unsaturated/α-hetero) is 1. The first-order valence-corrected chi connectivity index (χ1v) is 13.4. The van der Waals surface area contributed by atoms with Crippen LogP contribution >= 0.6 is 7.82 Å². The van der Waals surface area contributed by atoms with Crippen molar-refractivity contribution in [2.75, 3.05) is 6.61 Å². The molecule has 1 aliphatic heterocycles. The van der Waals surface area contributed by atoms with Gasteiger partial charge in [-0.1, -0.05) is 25.5 Å². The lowest BCUT2D eigenvalue weighted by Gasteiger charge is -2.59. The molecule has 34 heavy (non-hydrogen) atoms. The van der Waals surface area contributed by atoms with Crippen molar-refractivity contribution in [3.63, 3.8) is 0 Å². The summed E-state index contributed by atoms with van der Waals surface area (Å²) in [6.45, 7) is 6.64. The molecule has 0 aromatic carbocycles. The van der Waals surface area contributed by atoms with Crippen molar-refractivity contribution in [3.05, 3.63) is 23.8 Å². The highest BCUT2D eigenvalue weighted by Crippen LogP contribution is 2.70. The van der Waals surface area contributed by atoms with Crippen molar-refractivity contribution >= 4 is 19.4 Å². The third kappa shape index (κ3) is 3.32. The Balaban J connectivity index is 1.55. The van der Waals surface area contributed by atoms with E-state index in [1.54, 1.807) is 26.0 Å². The van der Waals surface area contributed by atoms with Crippen molar-refractivity contribution in [2.24, 2.45) is 28.6 Å². The van der Waals surface area contributed by atoms with E-state index < -0.39 is 54.6 Å². The molecule has 1 heterocycles. The molecule has 188 valence electrons. The smallest absolute Gasteiger partial charge is 0.393 e. The van der Waals surface area contributed by atoms with E-state index >= 15 is 0 Å². The average molecular weight is 496 g/mol.